The Balaban J connectivity index is 1.41. The number of benzene rings is 3. The summed E-state index contributed by atoms with van der Waals surface area (Å²) in [6.45, 7) is 1.65. The van der Waals surface area contributed by atoms with Gasteiger partial charge >= 0.3 is 5.97 Å². The van der Waals surface area contributed by atoms with E-state index in [1.807, 2.05) is 18.2 Å². The van der Waals surface area contributed by atoms with Crippen molar-refractivity contribution in [3.05, 3.63) is 82.9 Å². The molecule has 1 N–H and O–H groups in total. The number of fused-ring (bicyclic) bond motifs is 1. The summed E-state index contributed by atoms with van der Waals surface area (Å²) in [6, 6.07) is 15.4. The van der Waals surface area contributed by atoms with Crippen LogP contribution >= 0.6 is 0 Å². The summed E-state index contributed by atoms with van der Waals surface area (Å²) >= 11 is 0. The van der Waals surface area contributed by atoms with Crippen LogP contribution in [-0.4, -0.2) is 18.2 Å². The van der Waals surface area contributed by atoms with Gasteiger partial charge in [0.2, 0.25) is 0 Å². The highest BCUT2D eigenvalue weighted by molar-refractivity contribution is 5.71. The maximum atomic E-state index is 15.6. The average Bonchev–Trinajstić information content (AvgIpc) is 3.61. The molecular weight excluding hydrogens is 450 g/mol. The zero-order chi connectivity index (χ0) is 24.7. The molecule has 0 radical (unpaired) electrons. The lowest BCUT2D eigenvalue weighted by atomic mass is 9.83. The lowest BCUT2D eigenvalue weighted by Gasteiger charge is -2.23. The van der Waals surface area contributed by atoms with E-state index in [0.717, 1.165) is 36.0 Å². The number of carboxylic acids is 1. The van der Waals surface area contributed by atoms with E-state index in [1.54, 1.807) is 44.4 Å². The normalized spacial score (nSPS) is 18.6. The smallest absolute Gasteiger partial charge is 0.306 e. The van der Waals surface area contributed by atoms with Crippen LogP contribution in [0, 0.1) is 23.5 Å². The second-order valence-electron chi connectivity index (χ2n) is 9.55. The lowest BCUT2D eigenvalue weighted by molar-refractivity contribution is -0.142. The summed E-state index contributed by atoms with van der Waals surface area (Å²) in [5, 5.41) is 9.56. The van der Waals surface area contributed by atoms with Gasteiger partial charge in [-0.3, -0.25) is 4.79 Å². The Bertz CT molecular complexity index is 1270. The second-order valence-corrected chi connectivity index (χ2v) is 9.55. The van der Waals surface area contributed by atoms with Gasteiger partial charge in [-0.15, -0.1) is 0 Å². The summed E-state index contributed by atoms with van der Waals surface area (Å²) in [4.78, 5) is 11.7. The van der Waals surface area contributed by atoms with Crippen LogP contribution in [0.1, 0.15) is 54.9 Å². The third-order valence-electron chi connectivity index (χ3n) is 7.33. The first-order valence-electron chi connectivity index (χ1n) is 12.0. The lowest BCUT2D eigenvalue weighted by Crippen LogP contribution is -2.22. The Hall–Kier alpha value is -3.41. The number of carbonyl (C=O) groups is 1. The molecule has 0 saturated heterocycles. The van der Waals surface area contributed by atoms with Crippen molar-refractivity contribution in [2.45, 2.75) is 44.6 Å². The summed E-state index contributed by atoms with van der Waals surface area (Å²) < 4.78 is 41.4. The molecule has 0 amide bonds. The van der Waals surface area contributed by atoms with E-state index in [1.165, 1.54) is 6.07 Å². The van der Waals surface area contributed by atoms with Gasteiger partial charge in [-0.2, -0.15) is 0 Å². The molecular formula is C29H28F2O4. The fraction of sp³-hybridized carbons (Fsp3) is 0.345. The molecule has 3 aromatic carbocycles. The monoisotopic (exact) mass is 478 g/mol. The van der Waals surface area contributed by atoms with Crippen molar-refractivity contribution in [1.29, 1.82) is 0 Å². The summed E-state index contributed by atoms with van der Waals surface area (Å²) in [5.41, 5.74) is 3.64. The van der Waals surface area contributed by atoms with Crippen LogP contribution < -0.4 is 9.47 Å². The van der Waals surface area contributed by atoms with Gasteiger partial charge in [-0.25, -0.2) is 8.78 Å². The molecule has 0 aromatic heterocycles. The van der Waals surface area contributed by atoms with Crippen LogP contribution in [-0.2, 0) is 11.2 Å². The molecule has 1 fully saturated rings. The third-order valence-corrected chi connectivity index (χ3v) is 7.33. The predicted molar refractivity (Wildman–Crippen MR) is 129 cm³/mol. The van der Waals surface area contributed by atoms with Crippen LogP contribution in [0.2, 0.25) is 0 Å². The zero-order valence-corrected chi connectivity index (χ0v) is 19.8. The number of aryl methyl sites for hydroxylation is 1. The topological polar surface area (TPSA) is 55.8 Å². The molecule has 0 spiro atoms. The molecule has 35 heavy (non-hydrogen) atoms. The predicted octanol–water partition coefficient (Wildman–Crippen LogP) is 6.92. The van der Waals surface area contributed by atoms with E-state index in [4.69, 9.17) is 9.47 Å². The molecule has 182 valence electrons. The quantitative estimate of drug-likeness (QED) is 0.382. The van der Waals surface area contributed by atoms with Gasteiger partial charge in [0.15, 0.2) is 11.6 Å². The minimum Gasteiger partial charge on any atom is -0.497 e. The highest BCUT2D eigenvalue weighted by atomic mass is 19.1. The van der Waals surface area contributed by atoms with E-state index in [-0.39, 0.29) is 29.5 Å². The SMILES string of the molecule is COc1ccc(F)c(-c2ccc3c(c2)CC[C@H]3Oc2cccc([C@H](C3CC3)[C@H](C)C(=O)O)c2F)c1. The van der Waals surface area contributed by atoms with Crippen molar-refractivity contribution in [1.82, 2.24) is 0 Å². The maximum Gasteiger partial charge on any atom is 0.306 e. The Morgan fingerprint density at radius 1 is 1.06 bits per heavy atom. The van der Waals surface area contributed by atoms with Crippen molar-refractivity contribution in [3.63, 3.8) is 0 Å². The van der Waals surface area contributed by atoms with Gasteiger partial charge in [0.05, 0.1) is 13.0 Å². The second kappa shape index (κ2) is 9.33. The third kappa shape index (κ3) is 4.49. The molecule has 6 heteroatoms. The number of methoxy groups -OCH3 is 1. The Morgan fingerprint density at radius 3 is 2.57 bits per heavy atom. The Morgan fingerprint density at radius 2 is 1.86 bits per heavy atom. The first-order chi connectivity index (χ1) is 16.9. The van der Waals surface area contributed by atoms with Crippen LogP contribution in [0.3, 0.4) is 0 Å². The summed E-state index contributed by atoms with van der Waals surface area (Å²) in [5.74, 6) is -1.83. The minimum atomic E-state index is -0.916. The van der Waals surface area contributed by atoms with Crippen molar-refractivity contribution in [2.24, 2.45) is 11.8 Å². The molecule has 2 aliphatic rings. The zero-order valence-electron chi connectivity index (χ0n) is 19.8. The minimum absolute atomic E-state index is 0.145. The highest BCUT2D eigenvalue weighted by Crippen LogP contribution is 2.48. The van der Waals surface area contributed by atoms with Crippen molar-refractivity contribution < 1.29 is 28.2 Å². The van der Waals surface area contributed by atoms with Crippen molar-refractivity contribution in [2.75, 3.05) is 7.11 Å². The summed E-state index contributed by atoms with van der Waals surface area (Å²) in [7, 11) is 1.55. The maximum absolute atomic E-state index is 15.6. The fourth-order valence-electron chi connectivity index (χ4n) is 5.29. The Labute approximate surface area is 203 Å². The molecule has 4 nitrogen and oxygen atoms in total. The molecule has 3 atom stereocenters. The fourth-order valence-corrected chi connectivity index (χ4v) is 5.29. The number of hydrogen-bond acceptors (Lipinski definition) is 3. The number of halogens is 2. The largest absolute Gasteiger partial charge is 0.497 e. The van der Waals surface area contributed by atoms with Gasteiger partial charge in [0.25, 0.3) is 0 Å². The molecule has 2 aliphatic carbocycles. The number of hydrogen-bond donors (Lipinski definition) is 1. The van der Waals surface area contributed by atoms with E-state index >= 15 is 4.39 Å². The summed E-state index contributed by atoms with van der Waals surface area (Å²) in [6.07, 6.45) is 2.93. The first-order valence-corrected chi connectivity index (χ1v) is 12.0. The average molecular weight is 479 g/mol. The van der Waals surface area contributed by atoms with Gasteiger partial charge in [-0.1, -0.05) is 37.3 Å². The van der Waals surface area contributed by atoms with Crippen LogP contribution in [0.25, 0.3) is 11.1 Å². The van der Waals surface area contributed by atoms with Crippen molar-refractivity contribution in [3.8, 4) is 22.6 Å². The molecule has 3 aromatic rings. The molecule has 1 saturated carbocycles. The van der Waals surface area contributed by atoms with Crippen LogP contribution in [0.15, 0.2) is 54.6 Å². The van der Waals surface area contributed by atoms with Gasteiger partial charge in [0.1, 0.15) is 17.7 Å². The highest BCUT2D eigenvalue weighted by Gasteiger charge is 2.40. The van der Waals surface area contributed by atoms with Gasteiger partial charge in [-0.05, 0) is 78.1 Å². The standard InChI is InChI=1S/C29H28F2O4/c1-16(29(32)33)27(17-6-7-17)22-4-3-5-26(28(22)31)35-25-13-9-18-14-19(8-11-21(18)25)23-15-20(34-2)10-12-24(23)30/h3-5,8,10-12,14-17,25,27H,6-7,9,13H2,1-2H3,(H,32,33)/t16-,25+,27-/m0/s1. The molecule has 0 aliphatic heterocycles. The van der Waals surface area contributed by atoms with Crippen molar-refractivity contribution >= 4 is 5.97 Å². The van der Waals surface area contributed by atoms with E-state index in [0.29, 0.717) is 23.3 Å². The van der Waals surface area contributed by atoms with E-state index in [9.17, 15) is 14.3 Å². The number of ether oxygens (including phenoxy) is 2. The molecule has 0 unspecified atom stereocenters. The van der Waals surface area contributed by atoms with Crippen LogP contribution in [0.5, 0.6) is 11.5 Å². The number of rotatable bonds is 8. The van der Waals surface area contributed by atoms with E-state index in [2.05, 4.69) is 0 Å². The van der Waals surface area contributed by atoms with Gasteiger partial charge < -0.3 is 14.6 Å². The number of carboxylic acid groups (broad SMARTS) is 1. The number of aliphatic carboxylic acids is 1. The molecule has 0 heterocycles. The Kier molecular flexibility index (Phi) is 6.22. The first kappa shape index (κ1) is 23.3. The van der Waals surface area contributed by atoms with Gasteiger partial charge in [0, 0.05) is 11.5 Å². The van der Waals surface area contributed by atoms with E-state index < -0.39 is 17.7 Å². The molecule has 5 rings (SSSR count). The molecule has 0 bridgehead atoms. The van der Waals surface area contributed by atoms with Crippen LogP contribution in [0.4, 0.5) is 8.78 Å².